The van der Waals surface area contributed by atoms with E-state index in [4.69, 9.17) is 5.11 Å². The van der Waals surface area contributed by atoms with E-state index in [1.54, 1.807) is 20.8 Å². The molecule has 0 aromatic heterocycles. The Morgan fingerprint density at radius 1 is 1.12 bits per heavy atom. The number of ether oxygens (including phenoxy) is 1. The van der Waals surface area contributed by atoms with Gasteiger partial charge < -0.3 is 25.2 Å². The molecule has 1 heterocycles. The standard InChI is InChI=1S/C10H18O6/c1-10(2,3)4-5(11)7(8(13)14)16-9(15)6(4)12/h4-7,9,11-12,15H,1-3H3,(H,13,14)/t4?,5-,6+,7-,9+/m0/s1. The second kappa shape index (κ2) is 4.29. The molecule has 1 rings (SSSR count). The summed E-state index contributed by atoms with van der Waals surface area (Å²) in [6, 6.07) is 0. The van der Waals surface area contributed by atoms with Gasteiger partial charge in [0.2, 0.25) is 0 Å². The minimum absolute atomic E-state index is 0.544. The molecule has 0 bridgehead atoms. The van der Waals surface area contributed by atoms with Gasteiger partial charge in [-0.1, -0.05) is 20.8 Å². The summed E-state index contributed by atoms with van der Waals surface area (Å²) in [6.45, 7) is 5.25. The van der Waals surface area contributed by atoms with Crippen molar-refractivity contribution in [3.05, 3.63) is 0 Å². The predicted octanol–water partition coefficient (Wildman–Crippen LogP) is -0.828. The molecule has 6 heteroatoms. The summed E-state index contributed by atoms with van der Waals surface area (Å²) in [4.78, 5) is 10.8. The minimum atomic E-state index is -1.59. The molecule has 1 aliphatic rings. The molecule has 16 heavy (non-hydrogen) atoms. The van der Waals surface area contributed by atoms with Crippen LogP contribution in [-0.2, 0) is 9.53 Å². The first-order chi connectivity index (χ1) is 7.16. The Balaban J connectivity index is 3.00. The van der Waals surface area contributed by atoms with Crippen LogP contribution in [0.25, 0.3) is 0 Å². The first kappa shape index (κ1) is 13.4. The monoisotopic (exact) mass is 234 g/mol. The molecule has 1 unspecified atom stereocenters. The number of aliphatic hydroxyl groups excluding tert-OH is 3. The van der Waals surface area contributed by atoms with Crippen LogP contribution in [0.3, 0.4) is 0 Å². The number of hydrogen-bond donors (Lipinski definition) is 4. The van der Waals surface area contributed by atoms with E-state index in [-0.39, 0.29) is 0 Å². The average molecular weight is 234 g/mol. The number of carboxylic acid groups (broad SMARTS) is 1. The van der Waals surface area contributed by atoms with Crippen LogP contribution in [0.4, 0.5) is 0 Å². The van der Waals surface area contributed by atoms with Gasteiger partial charge in [-0.3, -0.25) is 0 Å². The molecular weight excluding hydrogens is 216 g/mol. The molecule has 94 valence electrons. The van der Waals surface area contributed by atoms with Gasteiger partial charge in [0.1, 0.15) is 6.10 Å². The number of hydrogen-bond acceptors (Lipinski definition) is 5. The van der Waals surface area contributed by atoms with Crippen molar-refractivity contribution < 1.29 is 30.0 Å². The number of carbonyl (C=O) groups is 1. The van der Waals surface area contributed by atoms with Gasteiger partial charge in [-0.2, -0.15) is 0 Å². The maximum Gasteiger partial charge on any atom is 0.335 e. The molecule has 0 aromatic carbocycles. The van der Waals surface area contributed by atoms with Gasteiger partial charge >= 0.3 is 5.97 Å². The van der Waals surface area contributed by atoms with Crippen LogP contribution in [0.5, 0.6) is 0 Å². The number of carboxylic acids is 1. The fourth-order valence-corrected chi connectivity index (χ4v) is 2.11. The second-order valence-corrected chi connectivity index (χ2v) is 5.16. The maximum absolute atomic E-state index is 10.8. The summed E-state index contributed by atoms with van der Waals surface area (Å²) in [5.41, 5.74) is -0.544. The van der Waals surface area contributed by atoms with Gasteiger partial charge in [0.25, 0.3) is 0 Å². The summed E-state index contributed by atoms with van der Waals surface area (Å²) in [5, 5.41) is 37.8. The molecule has 1 saturated heterocycles. The van der Waals surface area contributed by atoms with Crippen molar-refractivity contribution >= 4 is 5.97 Å². The fraction of sp³-hybridized carbons (Fsp3) is 0.900. The van der Waals surface area contributed by atoms with E-state index in [9.17, 15) is 20.1 Å². The van der Waals surface area contributed by atoms with Crippen molar-refractivity contribution in [3.63, 3.8) is 0 Å². The summed E-state index contributed by atoms with van der Waals surface area (Å²) < 4.78 is 4.65. The van der Waals surface area contributed by atoms with Gasteiger partial charge in [0, 0.05) is 5.92 Å². The smallest absolute Gasteiger partial charge is 0.335 e. The van der Waals surface area contributed by atoms with Gasteiger partial charge in [-0.15, -0.1) is 0 Å². The molecular formula is C10H18O6. The zero-order valence-electron chi connectivity index (χ0n) is 9.49. The van der Waals surface area contributed by atoms with Crippen molar-refractivity contribution in [2.75, 3.05) is 0 Å². The lowest BCUT2D eigenvalue weighted by Gasteiger charge is -2.45. The molecule has 6 nitrogen and oxygen atoms in total. The molecule has 0 aliphatic carbocycles. The first-order valence-electron chi connectivity index (χ1n) is 5.08. The Labute approximate surface area is 93.5 Å². The van der Waals surface area contributed by atoms with E-state index in [2.05, 4.69) is 4.74 Å². The molecule has 0 aromatic rings. The summed E-state index contributed by atoms with van der Waals surface area (Å²) >= 11 is 0. The number of aliphatic hydroxyl groups is 3. The molecule has 1 aliphatic heterocycles. The van der Waals surface area contributed by atoms with E-state index in [0.717, 1.165) is 0 Å². The number of rotatable bonds is 1. The molecule has 0 saturated carbocycles. The Kier molecular flexibility index (Phi) is 3.59. The van der Waals surface area contributed by atoms with Crippen molar-refractivity contribution in [1.29, 1.82) is 0 Å². The minimum Gasteiger partial charge on any atom is -0.479 e. The zero-order chi connectivity index (χ0) is 12.7. The van der Waals surface area contributed by atoms with E-state index in [0.29, 0.717) is 0 Å². The van der Waals surface area contributed by atoms with Crippen LogP contribution in [0.15, 0.2) is 0 Å². The Morgan fingerprint density at radius 3 is 2.00 bits per heavy atom. The highest BCUT2D eigenvalue weighted by Crippen LogP contribution is 2.38. The van der Waals surface area contributed by atoms with Gasteiger partial charge in [0.05, 0.1) is 6.10 Å². The van der Waals surface area contributed by atoms with Crippen LogP contribution in [0.2, 0.25) is 0 Å². The highest BCUT2D eigenvalue weighted by Gasteiger charge is 2.51. The largest absolute Gasteiger partial charge is 0.479 e. The van der Waals surface area contributed by atoms with Crippen molar-refractivity contribution in [2.45, 2.75) is 45.4 Å². The molecule has 5 atom stereocenters. The van der Waals surface area contributed by atoms with Crippen LogP contribution in [-0.4, -0.2) is 51.0 Å². The van der Waals surface area contributed by atoms with E-state index >= 15 is 0 Å². The molecule has 0 radical (unpaired) electrons. The predicted molar refractivity (Wildman–Crippen MR) is 53.5 cm³/mol. The lowest BCUT2D eigenvalue weighted by atomic mass is 9.71. The van der Waals surface area contributed by atoms with Crippen LogP contribution in [0, 0.1) is 11.3 Å². The maximum atomic E-state index is 10.8. The van der Waals surface area contributed by atoms with Crippen molar-refractivity contribution in [3.8, 4) is 0 Å². The highest BCUT2D eigenvalue weighted by molar-refractivity contribution is 5.73. The van der Waals surface area contributed by atoms with Crippen LogP contribution < -0.4 is 0 Å². The molecule has 1 fully saturated rings. The molecule has 0 spiro atoms. The fourth-order valence-electron chi connectivity index (χ4n) is 2.11. The zero-order valence-corrected chi connectivity index (χ0v) is 9.49. The Morgan fingerprint density at radius 2 is 1.62 bits per heavy atom. The Bertz CT molecular complexity index is 271. The van der Waals surface area contributed by atoms with E-state index < -0.39 is 41.9 Å². The third-order valence-electron chi connectivity index (χ3n) is 2.87. The number of aliphatic carboxylic acids is 1. The second-order valence-electron chi connectivity index (χ2n) is 5.16. The third-order valence-corrected chi connectivity index (χ3v) is 2.87. The molecule has 4 N–H and O–H groups in total. The topological polar surface area (TPSA) is 107 Å². The molecule has 0 amide bonds. The normalized spacial score (nSPS) is 40.8. The third kappa shape index (κ3) is 2.35. The lowest BCUT2D eigenvalue weighted by Crippen LogP contribution is -2.60. The van der Waals surface area contributed by atoms with E-state index in [1.807, 2.05) is 0 Å². The highest BCUT2D eigenvalue weighted by atomic mass is 16.6. The van der Waals surface area contributed by atoms with Gasteiger partial charge in [-0.25, -0.2) is 4.79 Å². The Hall–Kier alpha value is -0.690. The lowest BCUT2D eigenvalue weighted by molar-refractivity contribution is -0.279. The quantitative estimate of drug-likeness (QED) is 0.472. The van der Waals surface area contributed by atoms with Crippen molar-refractivity contribution in [2.24, 2.45) is 11.3 Å². The van der Waals surface area contributed by atoms with Crippen LogP contribution >= 0.6 is 0 Å². The summed E-state index contributed by atoms with van der Waals surface area (Å²) in [5.74, 6) is -2.12. The average Bonchev–Trinajstić information content (AvgIpc) is 2.08. The van der Waals surface area contributed by atoms with Crippen LogP contribution in [0.1, 0.15) is 20.8 Å². The first-order valence-corrected chi connectivity index (χ1v) is 5.08. The summed E-state index contributed by atoms with van der Waals surface area (Å²) in [7, 11) is 0. The van der Waals surface area contributed by atoms with Gasteiger partial charge in [-0.05, 0) is 5.41 Å². The van der Waals surface area contributed by atoms with E-state index in [1.165, 1.54) is 0 Å². The SMILES string of the molecule is CC(C)(C)C1[C@@H](O)[C@H](O)O[C@H](C(=O)O)[C@H]1O. The van der Waals surface area contributed by atoms with Gasteiger partial charge in [0.15, 0.2) is 12.4 Å². The summed E-state index contributed by atoms with van der Waals surface area (Å²) in [6.07, 6.45) is -5.75. The van der Waals surface area contributed by atoms with Crippen molar-refractivity contribution in [1.82, 2.24) is 0 Å².